The number of hydrogen-bond acceptors (Lipinski definition) is 6. The predicted octanol–water partition coefficient (Wildman–Crippen LogP) is 0.708. The molecule has 2 aliphatic heterocycles. The van der Waals surface area contributed by atoms with Gasteiger partial charge in [-0.25, -0.2) is 4.79 Å². The summed E-state index contributed by atoms with van der Waals surface area (Å²) < 4.78 is 0. The Morgan fingerprint density at radius 3 is 2.42 bits per heavy atom. The van der Waals surface area contributed by atoms with Crippen molar-refractivity contribution < 1.29 is 29.4 Å². The lowest BCUT2D eigenvalue weighted by molar-refractivity contribution is -0.154. The van der Waals surface area contributed by atoms with Crippen molar-refractivity contribution in [3.8, 4) is 5.75 Å². The van der Waals surface area contributed by atoms with Crippen LogP contribution in [0.5, 0.6) is 5.75 Å². The van der Waals surface area contributed by atoms with Crippen LogP contribution < -0.4 is 16.4 Å². The highest BCUT2D eigenvalue weighted by atomic mass is 16.4. The summed E-state index contributed by atoms with van der Waals surface area (Å²) in [5, 5.41) is 26.0. The van der Waals surface area contributed by atoms with E-state index in [1.54, 1.807) is 39.0 Å². The van der Waals surface area contributed by atoms with Crippen molar-refractivity contribution in [2.24, 2.45) is 17.6 Å². The fourth-order valence-electron chi connectivity index (χ4n) is 4.79. The molecule has 4 unspecified atom stereocenters. The number of carbonyl (C=O) groups excluding carboxylic acids is 3. The van der Waals surface area contributed by atoms with E-state index >= 15 is 0 Å². The molecule has 1 aromatic rings. The minimum Gasteiger partial charge on any atom is -0.508 e. The number of phenolic OH excluding ortho intramolecular Hbond substituents is 1. The van der Waals surface area contributed by atoms with Crippen molar-refractivity contribution in [3.63, 3.8) is 0 Å². The van der Waals surface area contributed by atoms with Crippen LogP contribution in [0.1, 0.15) is 45.2 Å². The fraction of sp³-hybridized carbons (Fsp3) is 0.524. The van der Waals surface area contributed by atoms with Gasteiger partial charge in [0.25, 0.3) is 0 Å². The third-order valence-electron chi connectivity index (χ3n) is 6.03. The highest BCUT2D eigenvalue weighted by Crippen LogP contribution is 2.52. The van der Waals surface area contributed by atoms with Crippen LogP contribution in [-0.2, 0) is 14.4 Å². The van der Waals surface area contributed by atoms with Crippen LogP contribution in [0.15, 0.2) is 24.3 Å². The number of likely N-dealkylation sites (tertiary alicyclic amines) is 1. The molecule has 168 valence electrons. The number of aliphatic carboxylic acids is 1. The molecule has 3 rings (SSSR count). The predicted molar refractivity (Wildman–Crippen MR) is 110 cm³/mol. The fourth-order valence-corrected chi connectivity index (χ4v) is 4.79. The van der Waals surface area contributed by atoms with Crippen molar-refractivity contribution in [1.29, 1.82) is 0 Å². The first-order valence-corrected chi connectivity index (χ1v) is 10.1. The Kier molecular flexibility index (Phi) is 5.70. The summed E-state index contributed by atoms with van der Waals surface area (Å²) in [6.45, 7) is 5.26. The van der Waals surface area contributed by atoms with Gasteiger partial charge in [0.15, 0.2) is 0 Å². The molecule has 4 atom stereocenters. The molecule has 0 radical (unpaired) electrons. The SMILES string of the molecule is CC(C)(C)N1C(=O)C2C(c3ccccc3O)NC(CCCNC(N)=O)(C(=O)O)C2C1=O. The smallest absolute Gasteiger partial charge is 0.324 e. The zero-order valence-electron chi connectivity index (χ0n) is 17.7. The van der Waals surface area contributed by atoms with Gasteiger partial charge >= 0.3 is 12.0 Å². The van der Waals surface area contributed by atoms with E-state index in [-0.39, 0.29) is 25.1 Å². The van der Waals surface area contributed by atoms with Gasteiger partial charge in [0.2, 0.25) is 11.8 Å². The van der Waals surface area contributed by atoms with Gasteiger partial charge in [0.05, 0.1) is 11.8 Å². The molecule has 10 nitrogen and oxygen atoms in total. The lowest BCUT2D eigenvalue weighted by atomic mass is 9.77. The number of primary amides is 1. The first-order chi connectivity index (χ1) is 14.4. The normalized spacial score (nSPS) is 28.0. The molecule has 31 heavy (non-hydrogen) atoms. The monoisotopic (exact) mass is 432 g/mol. The van der Waals surface area contributed by atoms with Gasteiger partial charge in [-0.1, -0.05) is 18.2 Å². The lowest BCUT2D eigenvalue weighted by Gasteiger charge is -2.35. The van der Waals surface area contributed by atoms with E-state index in [0.29, 0.717) is 5.56 Å². The Bertz CT molecular complexity index is 927. The van der Waals surface area contributed by atoms with Crippen molar-refractivity contribution in [3.05, 3.63) is 29.8 Å². The van der Waals surface area contributed by atoms with Gasteiger partial charge in [-0.3, -0.25) is 24.6 Å². The molecular formula is C21H28N4O6. The van der Waals surface area contributed by atoms with E-state index in [2.05, 4.69) is 10.6 Å². The number of para-hydroxylation sites is 1. The third kappa shape index (κ3) is 3.71. The Morgan fingerprint density at radius 2 is 1.87 bits per heavy atom. The second-order valence-electron chi connectivity index (χ2n) is 9.04. The van der Waals surface area contributed by atoms with E-state index in [4.69, 9.17) is 5.73 Å². The first kappa shape index (κ1) is 22.5. The number of phenols is 1. The second kappa shape index (κ2) is 7.84. The second-order valence-corrected chi connectivity index (χ2v) is 9.04. The largest absolute Gasteiger partial charge is 0.508 e. The summed E-state index contributed by atoms with van der Waals surface area (Å²) in [5.74, 6) is -4.53. The number of nitrogens with zero attached hydrogens (tertiary/aromatic N) is 1. The maximum Gasteiger partial charge on any atom is 0.324 e. The van der Waals surface area contributed by atoms with Gasteiger partial charge in [0, 0.05) is 23.7 Å². The number of aromatic hydroxyl groups is 1. The van der Waals surface area contributed by atoms with Crippen LogP contribution in [-0.4, -0.2) is 56.6 Å². The van der Waals surface area contributed by atoms with Crippen molar-refractivity contribution in [1.82, 2.24) is 15.5 Å². The van der Waals surface area contributed by atoms with E-state index in [0.717, 1.165) is 4.90 Å². The number of hydrogen-bond donors (Lipinski definition) is 5. The first-order valence-electron chi connectivity index (χ1n) is 10.1. The molecule has 2 aliphatic rings. The molecule has 6 N–H and O–H groups in total. The maximum atomic E-state index is 13.4. The van der Waals surface area contributed by atoms with Crippen molar-refractivity contribution in [2.75, 3.05) is 6.54 Å². The summed E-state index contributed by atoms with van der Waals surface area (Å²) >= 11 is 0. The number of rotatable bonds is 6. The van der Waals surface area contributed by atoms with Gasteiger partial charge < -0.3 is 21.3 Å². The molecule has 0 aliphatic carbocycles. The number of imide groups is 1. The highest BCUT2D eigenvalue weighted by molar-refractivity contribution is 6.10. The van der Waals surface area contributed by atoms with Crippen molar-refractivity contribution >= 4 is 23.8 Å². The molecule has 0 bridgehead atoms. The number of nitrogens with two attached hydrogens (primary N) is 1. The van der Waals surface area contributed by atoms with Crippen LogP contribution in [0, 0.1) is 11.8 Å². The van der Waals surface area contributed by atoms with E-state index < -0.39 is 52.8 Å². The minimum absolute atomic E-state index is 0.0229. The summed E-state index contributed by atoms with van der Waals surface area (Å²) in [6.07, 6.45) is 0.195. The number of fused-ring (bicyclic) bond motifs is 1. The molecule has 0 spiro atoms. The standard InChI is InChI=1S/C21H28N4O6/c1-20(2,3)25-16(27)13-14(17(25)28)21(18(29)30,9-6-10-23-19(22)31)24-15(13)11-7-4-5-8-12(11)26/h4-5,7-8,13-15,24,26H,6,9-10H2,1-3H3,(H,29,30)(H3,22,23,31). The van der Waals surface area contributed by atoms with Gasteiger partial charge in [-0.2, -0.15) is 0 Å². The Hall–Kier alpha value is -3.14. The van der Waals surface area contributed by atoms with Crippen LogP contribution in [0.3, 0.4) is 0 Å². The lowest BCUT2D eigenvalue weighted by Crippen LogP contribution is -2.57. The Labute approximate surface area is 179 Å². The van der Waals surface area contributed by atoms with Gasteiger partial charge in [0.1, 0.15) is 11.3 Å². The molecule has 0 saturated carbocycles. The van der Waals surface area contributed by atoms with Crippen molar-refractivity contribution in [2.45, 2.75) is 50.7 Å². The molecule has 0 aromatic heterocycles. The average molecular weight is 432 g/mol. The quantitative estimate of drug-likeness (QED) is 0.326. The summed E-state index contributed by atoms with van der Waals surface area (Å²) in [6, 6.07) is 4.75. The maximum absolute atomic E-state index is 13.4. The number of carboxylic acids is 1. The molecule has 1 aromatic carbocycles. The van der Waals surface area contributed by atoms with Crippen LogP contribution in [0.4, 0.5) is 4.79 Å². The molecular weight excluding hydrogens is 404 g/mol. The third-order valence-corrected chi connectivity index (χ3v) is 6.03. The topological polar surface area (TPSA) is 162 Å². The molecule has 2 heterocycles. The number of urea groups is 1. The summed E-state index contributed by atoms with van der Waals surface area (Å²) in [7, 11) is 0. The van der Waals surface area contributed by atoms with Gasteiger partial charge in [-0.15, -0.1) is 0 Å². The number of benzene rings is 1. The highest BCUT2D eigenvalue weighted by Gasteiger charge is 2.69. The van der Waals surface area contributed by atoms with E-state index in [1.165, 1.54) is 6.07 Å². The Balaban J connectivity index is 2.08. The Morgan fingerprint density at radius 1 is 1.23 bits per heavy atom. The molecule has 10 heteroatoms. The summed E-state index contributed by atoms with van der Waals surface area (Å²) in [4.78, 5) is 51.4. The molecule has 2 fully saturated rings. The number of amides is 4. The molecule has 4 amide bonds. The van der Waals surface area contributed by atoms with E-state index in [9.17, 15) is 29.4 Å². The zero-order valence-corrected chi connectivity index (χ0v) is 17.7. The van der Waals surface area contributed by atoms with Crippen LogP contribution in [0.25, 0.3) is 0 Å². The summed E-state index contributed by atoms with van der Waals surface area (Å²) in [5.41, 5.74) is 2.85. The number of carbonyl (C=O) groups is 4. The zero-order chi connectivity index (χ0) is 23.1. The minimum atomic E-state index is -1.75. The average Bonchev–Trinajstić information content (AvgIpc) is 3.13. The van der Waals surface area contributed by atoms with Crippen LogP contribution in [0.2, 0.25) is 0 Å². The molecule has 2 saturated heterocycles. The number of carboxylic acid groups (broad SMARTS) is 1. The van der Waals surface area contributed by atoms with Crippen LogP contribution >= 0.6 is 0 Å². The number of nitrogens with one attached hydrogen (secondary N) is 2. The van der Waals surface area contributed by atoms with E-state index in [1.807, 2.05) is 0 Å². The van der Waals surface area contributed by atoms with Gasteiger partial charge in [-0.05, 0) is 39.7 Å².